The lowest BCUT2D eigenvalue weighted by atomic mass is 9.97. The summed E-state index contributed by atoms with van der Waals surface area (Å²) in [5.41, 5.74) is 1.58. The Kier molecular flexibility index (Phi) is 5.56. The van der Waals surface area contributed by atoms with Crippen LogP contribution in [-0.2, 0) is 6.54 Å². The number of aromatic nitrogens is 3. The molecule has 1 saturated heterocycles. The predicted molar refractivity (Wildman–Crippen MR) is 85.5 cm³/mol. The van der Waals surface area contributed by atoms with Crippen LogP contribution in [-0.4, -0.2) is 38.3 Å². The van der Waals surface area contributed by atoms with Crippen molar-refractivity contribution >= 4 is 22.8 Å². The molecular formula is C15H23ClN4O. The number of fused-ring (bicyclic) bond motifs is 1. The summed E-state index contributed by atoms with van der Waals surface area (Å²) < 4.78 is 2.04. The lowest BCUT2D eigenvalue weighted by Crippen LogP contribution is -2.44. The van der Waals surface area contributed by atoms with Gasteiger partial charge in [-0.25, -0.2) is 9.97 Å². The summed E-state index contributed by atoms with van der Waals surface area (Å²) in [6.45, 7) is 1.85. The predicted octanol–water partition coefficient (Wildman–Crippen LogP) is 2.61. The van der Waals surface area contributed by atoms with Crippen molar-refractivity contribution in [3.05, 3.63) is 23.6 Å². The van der Waals surface area contributed by atoms with Crippen molar-refractivity contribution in [1.82, 2.24) is 19.9 Å². The average molecular weight is 311 g/mol. The van der Waals surface area contributed by atoms with Crippen LogP contribution >= 0.6 is 11.6 Å². The summed E-state index contributed by atoms with van der Waals surface area (Å²) in [7, 11) is 0. The van der Waals surface area contributed by atoms with E-state index < -0.39 is 0 Å². The number of rotatable bonds is 4. The number of imidazole rings is 1. The first-order valence-corrected chi connectivity index (χ1v) is 7.50. The van der Waals surface area contributed by atoms with Crippen LogP contribution in [0.5, 0.6) is 0 Å². The highest BCUT2D eigenvalue weighted by molar-refractivity contribution is 6.34. The van der Waals surface area contributed by atoms with Crippen molar-refractivity contribution in [2.75, 3.05) is 6.54 Å². The summed E-state index contributed by atoms with van der Waals surface area (Å²) in [6, 6.07) is 2.00. The maximum absolute atomic E-state index is 9.93. The van der Waals surface area contributed by atoms with Crippen molar-refractivity contribution in [1.29, 1.82) is 0 Å². The molecule has 21 heavy (non-hydrogen) atoms. The Morgan fingerprint density at radius 2 is 2.29 bits per heavy atom. The number of aliphatic hydroxyl groups is 1. The Morgan fingerprint density at radius 1 is 1.43 bits per heavy atom. The molecule has 0 bridgehead atoms. The molecule has 1 fully saturated rings. The Bertz CT molecular complexity index is 586. The summed E-state index contributed by atoms with van der Waals surface area (Å²) in [4.78, 5) is 8.47. The molecule has 1 aliphatic heterocycles. The van der Waals surface area contributed by atoms with Gasteiger partial charge in [0.1, 0.15) is 5.52 Å². The second kappa shape index (κ2) is 7.20. The fourth-order valence-corrected chi connectivity index (χ4v) is 3.09. The molecule has 3 heterocycles. The van der Waals surface area contributed by atoms with Gasteiger partial charge >= 0.3 is 0 Å². The van der Waals surface area contributed by atoms with Gasteiger partial charge in [0.05, 0.1) is 17.5 Å². The lowest BCUT2D eigenvalue weighted by Gasteiger charge is -2.29. The third-order valence-corrected chi connectivity index (χ3v) is 4.23. The monoisotopic (exact) mass is 310 g/mol. The minimum absolute atomic E-state index is 0. The number of piperidine rings is 1. The standard InChI is InChI=1S/C14H19ClN4O.CH4/c15-10-5-7-17-14-13(10)19(9-18-14)8-2-3-11-12(20)4-1-6-16-11;/h5,7,9,11-12,16,20H,1-4,6,8H2;1H4/t11-,12+;/m1./s1. The number of nitrogens with zero attached hydrogens (tertiary/aromatic N) is 3. The summed E-state index contributed by atoms with van der Waals surface area (Å²) in [5.74, 6) is 0. The van der Waals surface area contributed by atoms with E-state index in [1.54, 1.807) is 18.6 Å². The molecule has 1 aliphatic rings. The molecule has 5 nitrogen and oxygen atoms in total. The van der Waals surface area contributed by atoms with Gasteiger partial charge in [-0.1, -0.05) is 19.0 Å². The van der Waals surface area contributed by atoms with Crippen molar-refractivity contribution in [2.24, 2.45) is 0 Å². The average Bonchev–Trinajstić information content (AvgIpc) is 2.86. The third kappa shape index (κ3) is 3.54. The lowest BCUT2D eigenvalue weighted by molar-refractivity contribution is 0.0909. The van der Waals surface area contributed by atoms with Crippen LogP contribution in [0.15, 0.2) is 18.6 Å². The zero-order valence-electron chi connectivity index (χ0n) is 11.3. The smallest absolute Gasteiger partial charge is 0.179 e. The van der Waals surface area contributed by atoms with Crippen LogP contribution in [0.3, 0.4) is 0 Å². The van der Waals surface area contributed by atoms with Gasteiger partial charge in [-0.05, 0) is 38.3 Å². The van der Waals surface area contributed by atoms with E-state index in [9.17, 15) is 5.11 Å². The Hall–Kier alpha value is -1.17. The highest BCUT2D eigenvalue weighted by atomic mass is 35.5. The van der Waals surface area contributed by atoms with E-state index in [4.69, 9.17) is 11.6 Å². The van der Waals surface area contributed by atoms with E-state index in [2.05, 4.69) is 15.3 Å². The van der Waals surface area contributed by atoms with Gasteiger partial charge < -0.3 is 15.0 Å². The van der Waals surface area contributed by atoms with Crippen LogP contribution in [0.25, 0.3) is 11.2 Å². The summed E-state index contributed by atoms with van der Waals surface area (Å²) in [6.07, 6.45) is 7.14. The van der Waals surface area contributed by atoms with Crippen LogP contribution in [0.1, 0.15) is 33.1 Å². The molecule has 116 valence electrons. The molecule has 0 radical (unpaired) electrons. The van der Waals surface area contributed by atoms with Crippen molar-refractivity contribution in [3.8, 4) is 0 Å². The molecule has 0 saturated carbocycles. The van der Waals surface area contributed by atoms with Gasteiger partial charge in [0.15, 0.2) is 5.65 Å². The zero-order valence-corrected chi connectivity index (χ0v) is 12.1. The molecule has 0 aromatic carbocycles. The number of aryl methyl sites for hydroxylation is 1. The second-order valence-corrected chi connectivity index (χ2v) is 5.72. The maximum Gasteiger partial charge on any atom is 0.179 e. The van der Waals surface area contributed by atoms with Crippen molar-refractivity contribution in [2.45, 2.75) is 51.8 Å². The van der Waals surface area contributed by atoms with E-state index >= 15 is 0 Å². The zero-order chi connectivity index (χ0) is 13.9. The fraction of sp³-hybridized carbons (Fsp3) is 0.600. The molecule has 0 amide bonds. The van der Waals surface area contributed by atoms with Gasteiger partial charge in [-0.3, -0.25) is 0 Å². The number of halogens is 1. The minimum atomic E-state index is -0.214. The van der Waals surface area contributed by atoms with E-state index in [0.717, 1.165) is 44.3 Å². The van der Waals surface area contributed by atoms with E-state index in [0.29, 0.717) is 10.7 Å². The second-order valence-electron chi connectivity index (χ2n) is 5.32. The highest BCUT2D eigenvalue weighted by Gasteiger charge is 2.21. The van der Waals surface area contributed by atoms with E-state index in [1.165, 1.54) is 0 Å². The summed E-state index contributed by atoms with van der Waals surface area (Å²) in [5, 5.41) is 14.0. The van der Waals surface area contributed by atoms with Crippen LogP contribution in [0.4, 0.5) is 0 Å². The summed E-state index contributed by atoms with van der Waals surface area (Å²) >= 11 is 6.20. The van der Waals surface area contributed by atoms with E-state index in [-0.39, 0.29) is 19.6 Å². The number of aliphatic hydroxyl groups excluding tert-OH is 1. The SMILES string of the molecule is C.O[C@H]1CCCN[C@@H]1CCCn1cnc2nccc(Cl)c21. The molecule has 0 spiro atoms. The third-order valence-electron chi connectivity index (χ3n) is 3.92. The number of nitrogens with one attached hydrogen (secondary N) is 1. The first kappa shape index (κ1) is 16.2. The molecule has 0 unspecified atom stereocenters. The van der Waals surface area contributed by atoms with E-state index in [1.807, 2.05) is 4.57 Å². The molecule has 2 aromatic heterocycles. The highest BCUT2D eigenvalue weighted by Crippen LogP contribution is 2.21. The Labute approximate surface area is 130 Å². The number of hydrogen-bond donors (Lipinski definition) is 2. The van der Waals surface area contributed by atoms with Gasteiger partial charge in [0, 0.05) is 18.8 Å². The normalized spacial score (nSPS) is 22.2. The molecule has 2 N–H and O–H groups in total. The largest absolute Gasteiger partial charge is 0.392 e. The molecule has 2 aromatic rings. The van der Waals surface area contributed by atoms with Crippen LogP contribution < -0.4 is 5.32 Å². The first-order valence-electron chi connectivity index (χ1n) is 7.12. The minimum Gasteiger partial charge on any atom is -0.392 e. The fourth-order valence-electron chi connectivity index (χ4n) is 2.84. The number of hydrogen-bond acceptors (Lipinski definition) is 4. The molecule has 6 heteroatoms. The molecular weight excluding hydrogens is 288 g/mol. The van der Waals surface area contributed by atoms with Gasteiger partial charge in [-0.15, -0.1) is 0 Å². The van der Waals surface area contributed by atoms with Crippen molar-refractivity contribution < 1.29 is 5.11 Å². The van der Waals surface area contributed by atoms with Gasteiger partial charge in [0.25, 0.3) is 0 Å². The molecule has 3 rings (SSSR count). The topological polar surface area (TPSA) is 63.0 Å². The first-order chi connectivity index (χ1) is 9.75. The Balaban J connectivity index is 0.00000161. The molecule has 0 aliphatic carbocycles. The quantitative estimate of drug-likeness (QED) is 0.911. The van der Waals surface area contributed by atoms with Gasteiger partial charge in [0.2, 0.25) is 0 Å². The maximum atomic E-state index is 9.93. The van der Waals surface area contributed by atoms with Crippen molar-refractivity contribution in [3.63, 3.8) is 0 Å². The van der Waals surface area contributed by atoms with Crippen LogP contribution in [0.2, 0.25) is 5.02 Å². The Morgan fingerprint density at radius 3 is 3.10 bits per heavy atom. The van der Waals surface area contributed by atoms with Crippen LogP contribution in [0, 0.1) is 0 Å². The number of pyridine rings is 1. The van der Waals surface area contributed by atoms with Gasteiger partial charge in [-0.2, -0.15) is 0 Å². The molecule has 2 atom stereocenters.